The van der Waals surface area contributed by atoms with Gasteiger partial charge in [-0.2, -0.15) is 5.10 Å². The summed E-state index contributed by atoms with van der Waals surface area (Å²) in [7, 11) is 0. The number of carbonyl (C=O) groups is 1. The molecule has 1 amide bonds. The number of pyridine rings is 1. The Morgan fingerprint density at radius 3 is 2.54 bits per heavy atom. The van der Waals surface area contributed by atoms with Crippen LogP contribution in [0.4, 0.5) is 5.69 Å². The van der Waals surface area contributed by atoms with Crippen molar-refractivity contribution in [2.45, 2.75) is 6.73 Å². The predicted octanol–water partition coefficient (Wildman–Crippen LogP) is 3.87. The van der Waals surface area contributed by atoms with Gasteiger partial charge in [-0.05, 0) is 30.3 Å². The molecule has 0 aliphatic heterocycles. The van der Waals surface area contributed by atoms with Crippen molar-refractivity contribution in [3.63, 3.8) is 0 Å². The number of nitrogens with one attached hydrogen (secondary N) is 1. The fourth-order valence-electron chi connectivity index (χ4n) is 1.94. The largest absolute Gasteiger partial charge is 0.468 e. The molecule has 122 valence electrons. The number of ether oxygens (including phenoxy) is 1. The summed E-state index contributed by atoms with van der Waals surface area (Å²) in [5.41, 5.74) is 0.907. The second kappa shape index (κ2) is 7.33. The molecule has 0 spiro atoms. The first-order chi connectivity index (χ1) is 11.6. The summed E-state index contributed by atoms with van der Waals surface area (Å²) in [4.78, 5) is 16.0. The topological polar surface area (TPSA) is 69.0 Å². The van der Waals surface area contributed by atoms with Gasteiger partial charge in [0.25, 0.3) is 5.91 Å². The van der Waals surface area contributed by atoms with E-state index in [9.17, 15) is 4.79 Å². The molecule has 0 bridgehead atoms. The van der Waals surface area contributed by atoms with Gasteiger partial charge in [0.2, 0.25) is 0 Å². The Balaban J connectivity index is 1.64. The molecule has 0 atom stereocenters. The van der Waals surface area contributed by atoms with E-state index < -0.39 is 0 Å². The van der Waals surface area contributed by atoms with Gasteiger partial charge in [0.05, 0.1) is 10.0 Å². The first-order valence-corrected chi connectivity index (χ1v) is 7.71. The van der Waals surface area contributed by atoms with Gasteiger partial charge in [0.15, 0.2) is 18.2 Å². The maximum atomic E-state index is 12.1. The number of nitrogens with zero attached hydrogens (tertiary/aromatic N) is 3. The minimum atomic E-state index is -0.323. The van der Waals surface area contributed by atoms with E-state index in [4.69, 9.17) is 27.9 Å². The van der Waals surface area contributed by atoms with E-state index in [2.05, 4.69) is 15.4 Å². The maximum absolute atomic E-state index is 12.1. The zero-order valence-electron chi connectivity index (χ0n) is 12.3. The quantitative estimate of drug-likeness (QED) is 0.747. The Kier molecular flexibility index (Phi) is 4.98. The Labute approximate surface area is 148 Å². The summed E-state index contributed by atoms with van der Waals surface area (Å²) >= 11 is 12.1. The molecule has 2 heterocycles. The van der Waals surface area contributed by atoms with Crippen molar-refractivity contribution < 1.29 is 9.53 Å². The summed E-state index contributed by atoms with van der Waals surface area (Å²) in [6.45, 7) is 0.0754. The van der Waals surface area contributed by atoms with E-state index in [1.165, 1.54) is 4.68 Å². The molecule has 3 aromatic rings. The molecule has 1 N–H and O–H groups in total. The fourth-order valence-corrected chi connectivity index (χ4v) is 2.44. The third-order valence-corrected chi connectivity index (χ3v) is 3.67. The van der Waals surface area contributed by atoms with Crippen LogP contribution in [0.5, 0.6) is 5.75 Å². The lowest BCUT2D eigenvalue weighted by molar-refractivity contribution is 0.102. The standard InChI is InChI=1S/C16H12Cl2N4O2/c17-12-2-1-3-13(18)15(12)24-10-22-9-6-14(21-22)16(23)20-11-4-7-19-8-5-11/h1-9H,10H2,(H,19,20,23). The number of hydrogen-bond acceptors (Lipinski definition) is 4. The number of halogens is 2. The zero-order valence-corrected chi connectivity index (χ0v) is 13.8. The number of amides is 1. The van der Waals surface area contributed by atoms with Gasteiger partial charge in [0.1, 0.15) is 0 Å². The van der Waals surface area contributed by atoms with Crippen LogP contribution < -0.4 is 10.1 Å². The van der Waals surface area contributed by atoms with Gasteiger partial charge >= 0.3 is 0 Å². The van der Waals surface area contributed by atoms with Crippen LogP contribution in [0.1, 0.15) is 10.5 Å². The van der Waals surface area contributed by atoms with Crippen molar-refractivity contribution >= 4 is 34.8 Å². The van der Waals surface area contributed by atoms with Crippen molar-refractivity contribution in [1.29, 1.82) is 0 Å². The van der Waals surface area contributed by atoms with Crippen LogP contribution in [-0.2, 0) is 6.73 Å². The van der Waals surface area contributed by atoms with E-state index in [-0.39, 0.29) is 18.3 Å². The van der Waals surface area contributed by atoms with Crippen molar-refractivity contribution in [2.75, 3.05) is 5.32 Å². The molecule has 0 aliphatic rings. The Hall–Kier alpha value is -2.57. The summed E-state index contributed by atoms with van der Waals surface area (Å²) in [6.07, 6.45) is 4.82. The lowest BCUT2D eigenvalue weighted by atomic mass is 10.3. The van der Waals surface area contributed by atoms with E-state index in [1.807, 2.05) is 0 Å². The SMILES string of the molecule is O=C(Nc1ccncc1)c1ccn(COc2c(Cl)cccc2Cl)n1. The monoisotopic (exact) mass is 362 g/mol. The molecule has 0 aliphatic carbocycles. The number of hydrogen-bond donors (Lipinski definition) is 1. The van der Waals surface area contributed by atoms with Crippen LogP contribution in [-0.4, -0.2) is 20.7 Å². The summed E-state index contributed by atoms with van der Waals surface area (Å²) in [5.74, 6) is 0.0508. The molecule has 0 unspecified atom stereocenters. The third-order valence-electron chi connectivity index (χ3n) is 3.07. The zero-order chi connectivity index (χ0) is 16.9. The highest BCUT2D eigenvalue weighted by atomic mass is 35.5. The summed E-state index contributed by atoms with van der Waals surface area (Å²) < 4.78 is 7.03. The Morgan fingerprint density at radius 2 is 1.83 bits per heavy atom. The molecular formula is C16H12Cl2N4O2. The smallest absolute Gasteiger partial charge is 0.276 e. The number of benzene rings is 1. The van der Waals surface area contributed by atoms with Crippen molar-refractivity contribution in [1.82, 2.24) is 14.8 Å². The van der Waals surface area contributed by atoms with Gasteiger partial charge < -0.3 is 10.1 Å². The first kappa shape index (κ1) is 16.3. The lowest BCUT2D eigenvalue weighted by Crippen LogP contribution is -2.14. The molecule has 0 fully saturated rings. The predicted molar refractivity (Wildman–Crippen MR) is 91.5 cm³/mol. The molecule has 6 nitrogen and oxygen atoms in total. The van der Waals surface area contributed by atoms with Crippen molar-refractivity contribution in [3.8, 4) is 5.75 Å². The van der Waals surface area contributed by atoms with Gasteiger partial charge in [-0.1, -0.05) is 29.3 Å². The van der Waals surface area contributed by atoms with Crippen LogP contribution in [0.15, 0.2) is 55.0 Å². The Bertz CT molecular complexity index is 832. The minimum absolute atomic E-state index is 0.0754. The highest BCUT2D eigenvalue weighted by Crippen LogP contribution is 2.32. The molecule has 1 aromatic carbocycles. The van der Waals surface area contributed by atoms with Gasteiger partial charge in [-0.3, -0.25) is 9.78 Å². The molecule has 0 radical (unpaired) electrons. The van der Waals surface area contributed by atoms with Crippen LogP contribution >= 0.6 is 23.2 Å². The highest BCUT2D eigenvalue weighted by Gasteiger charge is 2.11. The second-order valence-electron chi connectivity index (χ2n) is 4.75. The van der Waals surface area contributed by atoms with Gasteiger partial charge in [-0.15, -0.1) is 0 Å². The molecule has 8 heteroatoms. The third kappa shape index (κ3) is 3.84. The lowest BCUT2D eigenvalue weighted by Gasteiger charge is -2.09. The van der Waals surface area contributed by atoms with Gasteiger partial charge in [-0.25, -0.2) is 4.68 Å². The van der Waals surface area contributed by atoms with Gasteiger partial charge in [0, 0.05) is 24.3 Å². The van der Waals surface area contributed by atoms with Crippen LogP contribution in [0.25, 0.3) is 0 Å². The normalized spacial score (nSPS) is 10.4. The average Bonchev–Trinajstić information content (AvgIpc) is 3.04. The number of anilines is 1. The summed E-state index contributed by atoms with van der Waals surface area (Å²) in [6, 6.07) is 10.1. The molecule has 0 saturated heterocycles. The minimum Gasteiger partial charge on any atom is -0.468 e. The second-order valence-corrected chi connectivity index (χ2v) is 5.57. The van der Waals surface area contributed by atoms with E-state index >= 15 is 0 Å². The molecule has 2 aromatic heterocycles. The van der Waals surface area contributed by atoms with Crippen molar-refractivity contribution in [3.05, 3.63) is 70.7 Å². The Morgan fingerprint density at radius 1 is 1.12 bits per heavy atom. The number of para-hydroxylation sites is 1. The fraction of sp³-hybridized carbons (Fsp3) is 0.0625. The number of carbonyl (C=O) groups excluding carboxylic acids is 1. The molecule has 3 rings (SSSR count). The number of rotatable bonds is 5. The summed E-state index contributed by atoms with van der Waals surface area (Å²) in [5, 5.41) is 7.70. The van der Waals surface area contributed by atoms with Crippen LogP contribution in [0, 0.1) is 0 Å². The van der Waals surface area contributed by atoms with Crippen LogP contribution in [0.2, 0.25) is 10.0 Å². The van der Waals surface area contributed by atoms with E-state index in [1.54, 1.807) is 55.0 Å². The molecule has 24 heavy (non-hydrogen) atoms. The van der Waals surface area contributed by atoms with Crippen LogP contribution in [0.3, 0.4) is 0 Å². The highest BCUT2D eigenvalue weighted by molar-refractivity contribution is 6.37. The molecule has 0 saturated carbocycles. The average molecular weight is 363 g/mol. The molecular weight excluding hydrogens is 351 g/mol. The first-order valence-electron chi connectivity index (χ1n) is 6.95. The van der Waals surface area contributed by atoms with Crippen molar-refractivity contribution in [2.24, 2.45) is 0 Å². The van der Waals surface area contributed by atoms with E-state index in [0.717, 1.165) is 0 Å². The van der Waals surface area contributed by atoms with E-state index in [0.29, 0.717) is 21.5 Å². The number of aromatic nitrogens is 3. The maximum Gasteiger partial charge on any atom is 0.276 e.